The standard InChI is InChI=1S/C17H17ClN4O3S/c18-9-1-3-10(4-2-9)26(25)13-7-12(14(23)15(13)24)22-6-5-11-16(19)20-8-21-17(11)22/h1-6,8,12-15,23-24H,7H2,(H2,19,20,21)/t12-,13+,14+,15-,26?/m1/s1. The molecule has 4 N–H and O–H groups in total. The summed E-state index contributed by atoms with van der Waals surface area (Å²) in [6.45, 7) is 0. The molecule has 26 heavy (non-hydrogen) atoms. The molecule has 0 amide bonds. The lowest BCUT2D eigenvalue weighted by atomic mass is 10.2. The molecular weight excluding hydrogens is 376 g/mol. The van der Waals surface area contributed by atoms with E-state index in [1.807, 2.05) is 0 Å². The minimum atomic E-state index is -1.48. The number of nitrogen functional groups attached to an aromatic ring is 1. The Balaban J connectivity index is 1.65. The summed E-state index contributed by atoms with van der Waals surface area (Å²) < 4.78 is 14.7. The van der Waals surface area contributed by atoms with Crippen molar-refractivity contribution < 1.29 is 14.8 Å². The molecule has 2 heterocycles. The molecule has 1 fully saturated rings. The van der Waals surface area contributed by atoms with E-state index in [0.29, 0.717) is 33.2 Å². The molecule has 3 aromatic rings. The number of benzene rings is 1. The number of rotatable bonds is 3. The maximum atomic E-state index is 12.9. The van der Waals surface area contributed by atoms with Gasteiger partial charge in [-0.05, 0) is 41.5 Å². The number of fused-ring (bicyclic) bond motifs is 1. The highest BCUT2D eigenvalue weighted by Crippen LogP contribution is 2.39. The van der Waals surface area contributed by atoms with Gasteiger partial charge in [-0.1, -0.05) is 11.6 Å². The molecule has 2 aromatic heterocycles. The summed E-state index contributed by atoms with van der Waals surface area (Å²) in [6, 6.07) is 7.96. The maximum Gasteiger partial charge on any atom is 0.153 e. The number of anilines is 1. The molecule has 1 saturated carbocycles. The second kappa shape index (κ2) is 6.71. The quantitative estimate of drug-likeness (QED) is 0.581. The summed E-state index contributed by atoms with van der Waals surface area (Å²) in [4.78, 5) is 8.75. The fraction of sp³-hybridized carbons (Fsp3) is 0.294. The minimum Gasteiger partial charge on any atom is -0.611 e. The third-order valence-corrected chi connectivity index (χ3v) is 6.83. The molecule has 0 spiro atoms. The SMILES string of the molecule is Nc1ncnc2c1ccn2[C@@H]1C[C@H]([S+]([O-])c2ccc(Cl)cc2)[C@@H](O)[C@H]1O. The lowest BCUT2D eigenvalue weighted by Crippen LogP contribution is -2.35. The Bertz CT molecular complexity index is 935. The molecule has 4 rings (SSSR count). The average Bonchev–Trinajstić information content (AvgIpc) is 3.18. The number of halogens is 1. The van der Waals surface area contributed by atoms with E-state index >= 15 is 0 Å². The minimum absolute atomic E-state index is 0.339. The van der Waals surface area contributed by atoms with Crippen LogP contribution in [-0.4, -0.2) is 46.8 Å². The number of hydrogen-bond donors (Lipinski definition) is 3. The molecule has 1 aliphatic carbocycles. The van der Waals surface area contributed by atoms with Crippen LogP contribution in [0.15, 0.2) is 47.8 Å². The van der Waals surface area contributed by atoms with Crippen LogP contribution in [0.1, 0.15) is 12.5 Å². The zero-order chi connectivity index (χ0) is 18.4. The van der Waals surface area contributed by atoms with Crippen molar-refractivity contribution >= 4 is 39.6 Å². The zero-order valence-electron chi connectivity index (χ0n) is 13.6. The summed E-state index contributed by atoms with van der Waals surface area (Å²) in [5.41, 5.74) is 6.43. The van der Waals surface area contributed by atoms with Crippen molar-refractivity contribution in [2.45, 2.75) is 34.8 Å². The molecule has 0 saturated heterocycles. The van der Waals surface area contributed by atoms with Gasteiger partial charge in [0.1, 0.15) is 30.0 Å². The first-order chi connectivity index (χ1) is 12.5. The van der Waals surface area contributed by atoms with Crippen LogP contribution in [0.5, 0.6) is 0 Å². The molecule has 136 valence electrons. The first-order valence-electron chi connectivity index (χ1n) is 8.06. The van der Waals surface area contributed by atoms with Crippen molar-refractivity contribution in [2.75, 3.05) is 5.73 Å². The third kappa shape index (κ3) is 2.83. The summed E-state index contributed by atoms with van der Waals surface area (Å²) >= 11 is 4.40. The summed E-state index contributed by atoms with van der Waals surface area (Å²) in [7, 11) is 0. The van der Waals surface area contributed by atoms with E-state index in [9.17, 15) is 14.8 Å². The fourth-order valence-corrected chi connectivity index (χ4v) is 5.12. The van der Waals surface area contributed by atoms with E-state index in [4.69, 9.17) is 17.3 Å². The monoisotopic (exact) mass is 392 g/mol. The lowest BCUT2D eigenvalue weighted by Gasteiger charge is -2.20. The summed E-state index contributed by atoms with van der Waals surface area (Å²) in [5.74, 6) is 0.350. The van der Waals surface area contributed by atoms with Crippen LogP contribution in [0, 0.1) is 0 Å². The van der Waals surface area contributed by atoms with Crippen molar-refractivity contribution in [2.24, 2.45) is 0 Å². The van der Waals surface area contributed by atoms with E-state index < -0.39 is 34.7 Å². The van der Waals surface area contributed by atoms with E-state index in [1.54, 1.807) is 41.1 Å². The predicted octanol–water partition coefficient (Wildman–Crippen LogP) is 1.51. The Kier molecular flexibility index (Phi) is 4.54. The molecule has 7 nitrogen and oxygen atoms in total. The highest BCUT2D eigenvalue weighted by Gasteiger charge is 2.49. The average molecular weight is 393 g/mol. The Morgan fingerprint density at radius 3 is 2.62 bits per heavy atom. The number of hydrogen-bond acceptors (Lipinski definition) is 6. The van der Waals surface area contributed by atoms with Crippen LogP contribution in [0.3, 0.4) is 0 Å². The molecule has 1 aromatic carbocycles. The van der Waals surface area contributed by atoms with Gasteiger partial charge < -0.3 is 25.1 Å². The number of nitrogens with zero attached hydrogens (tertiary/aromatic N) is 3. The summed E-state index contributed by atoms with van der Waals surface area (Å²) in [5, 5.41) is 21.7. The third-order valence-electron chi connectivity index (χ3n) is 4.82. The van der Waals surface area contributed by atoms with E-state index in [1.165, 1.54) is 6.33 Å². The van der Waals surface area contributed by atoms with Gasteiger partial charge in [0.15, 0.2) is 10.1 Å². The second-order valence-corrected chi connectivity index (χ2v) is 8.40. The molecule has 5 atom stereocenters. The highest BCUT2D eigenvalue weighted by atomic mass is 35.5. The molecular formula is C17H17ClN4O3S. The van der Waals surface area contributed by atoms with Crippen LogP contribution < -0.4 is 5.73 Å². The highest BCUT2D eigenvalue weighted by molar-refractivity contribution is 7.92. The van der Waals surface area contributed by atoms with Crippen LogP contribution >= 0.6 is 11.6 Å². The van der Waals surface area contributed by atoms with Gasteiger partial charge >= 0.3 is 0 Å². The van der Waals surface area contributed by atoms with Gasteiger partial charge in [-0.3, -0.25) is 0 Å². The van der Waals surface area contributed by atoms with Crippen molar-refractivity contribution in [3.05, 3.63) is 47.9 Å². The zero-order valence-corrected chi connectivity index (χ0v) is 15.1. The molecule has 1 unspecified atom stereocenters. The van der Waals surface area contributed by atoms with Crippen LogP contribution in [0.4, 0.5) is 5.82 Å². The topological polar surface area (TPSA) is 120 Å². The van der Waals surface area contributed by atoms with Crippen molar-refractivity contribution in [3.63, 3.8) is 0 Å². The smallest absolute Gasteiger partial charge is 0.153 e. The molecule has 1 aliphatic rings. The summed E-state index contributed by atoms with van der Waals surface area (Å²) in [6.07, 6.45) is 1.26. The van der Waals surface area contributed by atoms with Crippen LogP contribution in [0.25, 0.3) is 11.0 Å². The van der Waals surface area contributed by atoms with E-state index in [2.05, 4.69) is 9.97 Å². The van der Waals surface area contributed by atoms with Crippen molar-refractivity contribution in [1.29, 1.82) is 0 Å². The van der Waals surface area contributed by atoms with Gasteiger partial charge in [-0.25, -0.2) is 9.97 Å². The van der Waals surface area contributed by atoms with Crippen molar-refractivity contribution in [3.8, 4) is 0 Å². The number of nitrogens with two attached hydrogens (primary N) is 1. The van der Waals surface area contributed by atoms with Crippen LogP contribution in [-0.2, 0) is 11.2 Å². The van der Waals surface area contributed by atoms with Gasteiger partial charge in [0, 0.05) is 17.6 Å². The number of aromatic nitrogens is 3. The van der Waals surface area contributed by atoms with Gasteiger partial charge in [0.05, 0.1) is 11.4 Å². The Morgan fingerprint density at radius 1 is 1.15 bits per heavy atom. The van der Waals surface area contributed by atoms with Gasteiger partial charge in [0.2, 0.25) is 0 Å². The lowest BCUT2D eigenvalue weighted by molar-refractivity contribution is 0.0252. The first kappa shape index (κ1) is 17.6. The van der Waals surface area contributed by atoms with E-state index in [-0.39, 0.29) is 0 Å². The Morgan fingerprint density at radius 2 is 1.88 bits per heavy atom. The molecule has 0 radical (unpaired) electrons. The van der Waals surface area contributed by atoms with E-state index in [0.717, 1.165) is 0 Å². The maximum absolute atomic E-state index is 12.9. The molecule has 9 heteroatoms. The number of aliphatic hydroxyl groups excluding tert-OH is 2. The van der Waals surface area contributed by atoms with Gasteiger partial charge in [-0.2, -0.15) is 0 Å². The molecule has 0 bridgehead atoms. The van der Waals surface area contributed by atoms with Crippen LogP contribution in [0.2, 0.25) is 5.02 Å². The normalized spacial score (nSPS) is 27.1. The largest absolute Gasteiger partial charge is 0.611 e. The Labute approximate surface area is 157 Å². The fourth-order valence-electron chi connectivity index (χ4n) is 3.46. The number of aliphatic hydroxyl groups is 2. The molecule has 0 aliphatic heterocycles. The predicted molar refractivity (Wildman–Crippen MR) is 99.3 cm³/mol. The van der Waals surface area contributed by atoms with Crippen molar-refractivity contribution in [1.82, 2.24) is 14.5 Å². The Hall–Kier alpha value is -1.84. The second-order valence-electron chi connectivity index (χ2n) is 6.29. The first-order valence-corrected chi connectivity index (χ1v) is 9.65. The van der Waals surface area contributed by atoms with Gasteiger partial charge in [-0.15, -0.1) is 0 Å². The van der Waals surface area contributed by atoms with Gasteiger partial charge in [0.25, 0.3) is 0 Å².